The van der Waals surface area contributed by atoms with E-state index >= 15 is 0 Å². The van der Waals surface area contributed by atoms with Gasteiger partial charge in [-0.15, -0.1) is 0 Å². The lowest BCUT2D eigenvalue weighted by Crippen LogP contribution is -2.33. The van der Waals surface area contributed by atoms with Gasteiger partial charge in [-0.25, -0.2) is 0 Å². The second-order valence-electron chi connectivity index (χ2n) is 5.68. The highest BCUT2D eigenvalue weighted by Gasteiger charge is 2.36. The standard InChI is InChI=1S/C14H21N3O/c15-12-3-5-14(18)17(10-12)7-1-6-16-9-11-2-4-13(16)8-11/h3,5,10-11,13H,1-2,4,6-9,15H2. The number of aromatic nitrogens is 1. The van der Waals surface area contributed by atoms with Gasteiger partial charge in [-0.1, -0.05) is 0 Å². The van der Waals surface area contributed by atoms with E-state index in [4.69, 9.17) is 5.73 Å². The number of hydrogen-bond donors (Lipinski definition) is 1. The molecule has 1 saturated carbocycles. The van der Waals surface area contributed by atoms with Crippen LogP contribution in [0.15, 0.2) is 23.1 Å². The lowest BCUT2D eigenvalue weighted by molar-refractivity contribution is 0.208. The Morgan fingerprint density at radius 2 is 2.17 bits per heavy atom. The van der Waals surface area contributed by atoms with E-state index in [2.05, 4.69) is 4.90 Å². The van der Waals surface area contributed by atoms with Crippen molar-refractivity contribution in [3.8, 4) is 0 Å². The molecule has 2 fully saturated rings. The van der Waals surface area contributed by atoms with Gasteiger partial charge in [0, 0.05) is 43.6 Å². The highest BCUT2D eigenvalue weighted by atomic mass is 16.1. The van der Waals surface area contributed by atoms with Crippen LogP contribution in [0.25, 0.3) is 0 Å². The Hall–Kier alpha value is -1.29. The Bertz CT molecular complexity index is 482. The minimum Gasteiger partial charge on any atom is -0.398 e. The molecule has 0 amide bonds. The van der Waals surface area contributed by atoms with E-state index in [0.717, 1.165) is 31.5 Å². The highest BCUT2D eigenvalue weighted by Crippen LogP contribution is 2.37. The summed E-state index contributed by atoms with van der Waals surface area (Å²) >= 11 is 0. The Kier molecular flexibility index (Phi) is 3.12. The van der Waals surface area contributed by atoms with Crippen molar-refractivity contribution in [2.75, 3.05) is 18.8 Å². The predicted octanol–water partition coefficient (Wildman–Crippen LogP) is 1.30. The van der Waals surface area contributed by atoms with E-state index in [-0.39, 0.29) is 5.56 Å². The van der Waals surface area contributed by atoms with Crippen LogP contribution in [0.1, 0.15) is 25.7 Å². The molecule has 1 aromatic rings. The summed E-state index contributed by atoms with van der Waals surface area (Å²) in [5.74, 6) is 0.949. The van der Waals surface area contributed by atoms with E-state index in [1.807, 2.05) is 0 Å². The molecule has 4 heteroatoms. The number of rotatable bonds is 4. The minimum atomic E-state index is 0.0483. The highest BCUT2D eigenvalue weighted by molar-refractivity contribution is 5.33. The average molecular weight is 247 g/mol. The summed E-state index contributed by atoms with van der Waals surface area (Å²) < 4.78 is 1.73. The molecule has 1 aromatic heterocycles. The van der Waals surface area contributed by atoms with Gasteiger partial charge in [0.2, 0.25) is 0 Å². The zero-order valence-electron chi connectivity index (χ0n) is 10.7. The second kappa shape index (κ2) is 4.76. The normalized spacial score (nSPS) is 26.9. The Balaban J connectivity index is 1.53. The molecule has 0 radical (unpaired) electrons. The van der Waals surface area contributed by atoms with Crippen molar-refractivity contribution in [1.82, 2.24) is 9.47 Å². The summed E-state index contributed by atoms with van der Waals surface area (Å²) in [6.45, 7) is 3.16. The maximum atomic E-state index is 11.6. The molecule has 4 nitrogen and oxygen atoms in total. The van der Waals surface area contributed by atoms with Crippen LogP contribution in [0.5, 0.6) is 0 Å². The largest absolute Gasteiger partial charge is 0.398 e. The number of nitrogens with zero attached hydrogens (tertiary/aromatic N) is 2. The van der Waals surface area contributed by atoms with Crippen molar-refractivity contribution in [3.63, 3.8) is 0 Å². The molecule has 0 spiro atoms. The van der Waals surface area contributed by atoms with Crippen molar-refractivity contribution in [3.05, 3.63) is 28.7 Å². The van der Waals surface area contributed by atoms with E-state index < -0.39 is 0 Å². The summed E-state index contributed by atoms with van der Waals surface area (Å²) in [4.78, 5) is 14.2. The van der Waals surface area contributed by atoms with Gasteiger partial charge in [0.05, 0.1) is 0 Å². The first-order valence-corrected chi connectivity index (χ1v) is 6.92. The number of anilines is 1. The van der Waals surface area contributed by atoms with Crippen LogP contribution in [-0.4, -0.2) is 28.6 Å². The molecule has 1 aliphatic heterocycles. The van der Waals surface area contributed by atoms with Crippen LogP contribution in [0.4, 0.5) is 5.69 Å². The van der Waals surface area contributed by atoms with Gasteiger partial charge in [0.25, 0.3) is 5.56 Å². The molecule has 98 valence electrons. The first-order valence-electron chi connectivity index (χ1n) is 6.92. The van der Waals surface area contributed by atoms with Crippen molar-refractivity contribution < 1.29 is 0 Å². The third kappa shape index (κ3) is 2.29. The topological polar surface area (TPSA) is 51.3 Å². The fourth-order valence-corrected chi connectivity index (χ4v) is 3.47. The van der Waals surface area contributed by atoms with Crippen LogP contribution < -0.4 is 11.3 Å². The number of pyridine rings is 1. The summed E-state index contributed by atoms with van der Waals surface area (Å²) in [7, 11) is 0. The number of nitrogens with two attached hydrogens (primary N) is 1. The number of aryl methyl sites for hydroxylation is 1. The Morgan fingerprint density at radius 1 is 1.28 bits per heavy atom. The minimum absolute atomic E-state index is 0.0483. The second-order valence-corrected chi connectivity index (χ2v) is 5.68. The third-order valence-corrected chi connectivity index (χ3v) is 4.37. The Morgan fingerprint density at radius 3 is 2.89 bits per heavy atom. The molecule has 2 N–H and O–H groups in total. The molecule has 2 heterocycles. The fraction of sp³-hybridized carbons (Fsp3) is 0.643. The summed E-state index contributed by atoms with van der Waals surface area (Å²) in [5.41, 5.74) is 6.41. The number of hydrogen-bond acceptors (Lipinski definition) is 3. The number of likely N-dealkylation sites (tertiary alicyclic amines) is 1. The van der Waals surface area contributed by atoms with Crippen LogP contribution in [0.2, 0.25) is 0 Å². The first-order chi connectivity index (χ1) is 8.72. The summed E-state index contributed by atoms with van der Waals surface area (Å²) in [6, 6.07) is 4.04. The maximum Gasteiger partial charge on any atom is 0.250 e. The molecule has 18 heavy (non-hydrogen) atoms. The van der Waals surface area contributed by atoms with Gasteiger partial charge in [0.15, 0.2) is 0 Å². The quantitative estimate of drug-likeness (QED) is 0.872. The molecule has 2 unspecified atom stereocenters. The van der Waals surface area contributed by atoms with Gasteiger partial charge in [0.1, 0.15) is 0 Å². The molecule has 2 aliphatic rings. The molecule has 1 aliphatic carbocycles. The van der Waals surface area contributed by atoms with Gasteiger partial charge >= 0.3 is 0 Å². The van der Waals surface area contributed by atoms with Gasteiger partial charge in [-0.3, -0.25) is 4.79 Å². The molecule has 2 atom stereocenters. The summed E-state index contributed by atoms with van der Waals surface area (Å²) in [6.07, 6.45) is 6.99. The van der Waals surface area contributed by atoms with Crippen molar-refractivity contribution >= 4 is 5.69 Å². The smallest absolute Gasteiger partial charge is 0.250 e. The van der Waals surface area contributed by atoms with Gasteiger partial charge < -0.3 is 15.2 Å². The monoisotopic (exact) mass is 247 g/mol. The van der Waals surface area contributed by atoms with E-state index in [1.54, 1.807) is 22.9 Å². The number of fused-ring (bicyclic) bond motifs is 2. The number of nitrogen functional groups attached to an aromatic ring is 1. The van der Waals surface area contributed by atoms with Crippen molar-refractivity contribution in [2.45, 2.75) is 38.3 Å². The SMILES string of the molecule is Nc1ccc(=O)n(CCCN2CC3CCC2C3)c1. The lowest BCUT2D eigenvalue weighted by atomic mass is 10.1. The van der Waals surface area contributed by atoms with Crippen LogP contribution in [0.3, 0.4) is 0 Å². The van der Waals surface area contributed by atoms with Gasteiger partial charge in [-0.05, 0) is 37.7 Å². The van der Waals surface area contributed by atoms with E-state index in [9.17, 15) is 4.79 Å². The molecule has 1 saturated heterocycles. The fourth-order valence-electron chi connectivity index (χ4n) is 3.47. The van der Waals surface area contributed by atoms with Crippen LogP contribution in [-0.2, 0) is 6.54 Å². The lowest BCUT2D eigenvalue weighted by Gasteiger charge is -2.26. The maximum absolute atomic E-state index is 11.6. The molecule has 0 aromatic carbocycles. The predicted molar refractivity (Wildman–Crippen MR) is 72.4 cm³/mol. The van der Waals surface area contributed by atoms with Crippen molar-refractivity contribution in [1.29, 1.82) is 0 Å². The van der Waals surface area contributed by atoms with Crippen molar-refractivity contribution in [2.24, 2.45) is 5.92 Å². The van der Waals surface area contributed by atoms with E-state index in [1.165, 1.54) is 25.8 Å². The molecular weight excluding hydrogens is 226 g/mol. The zero-order valence-corrected chi connectivity index (χ0v) is 10.7. The zero-order chi connectivity index (χ0) is 12.5. The number of piperidine rings is 1. The van der Waals surface area contributed by atoms with Crippen LogP contribution >= 0.6 is 0 Å². The molecule has 3 rings (SSSR count). The molecular formula is C14H21N3O. The van der Waals surface area contributed by atoms with Gasteiger partial charge in [-0.2, -0.15) is 0 Å². The summed E-state index contributed by atoms with van der Waals surface area (Å²) in [5, 5.41) is 0. The third-order valence-electron chi connectivity index (χ3n) is 4.37. The average Bonchev–Trinajstić information content (AvgIpc) is 2.96. The van der Waals surface area contributed by atoms with E-state index in [0.29, 0.717) is 5.69 Å². The first kappa shape index (κ1) is 11.8. The molecule has 2 bridgehead atoms. The Labute approximate surface area is 107 Å². The van der Waals surface area contributed by atoms with Crippen LogP contribution in [0, 0.1) is 5.92 Å².